The van der Waals surface area contributed by atoms with Gasteiger partial charge in [0.05, 0.1) is 10.9 Å². The summed E-state index contributed by atoms with van der Waals surface area (Å²) >= 11 is 1.36. The summed E-state index contributed by atoms with van der Waals surface area (Å²) in [5, 5.41) is 12.4. The van der Waals surface area contributed by atoms with Crippen LogP contribution in [-0.2, 0) is 4.79 Å². The summed E-state index contributed by atoms with van der Waals surface area (Å²) in [6, 6.07) is 13.4. The molecule has 180 valence electrons. The van der Waals surface area contributed by atoms with Crippen molar-refractivity contribution in [2.24, 2.45) is 0 Å². The van der Waals surface area contributed by atoms with Gasteiger partial charge in [0.2, 0.25) is 17.7 Å². The molecule has 0 atom stereocenters. The van der Waals surface area contributed by atoms with E-state index in [-0.39, 0.29) is 29.2 Å². The summed E-state index contributed by atoms with van der Waals surface area (Å²) in [5.74, 6) is 1.16. The van der Waals surface area contributed by atoms with E-state index in [1.807, 2.05) is 6.07 Å². The number of carbonyl (C=O) groups is 1. The van der Waals surface area contributed by atoms with Crippen molar-refractivity contribution < 1.29 is 13.6 Å². The average molecular weight is 494 g/mol. The minimum atomic E-state index is -0.348. The Morgan fingerprint density at radius 2 is 1.94 bits per heavy atom. The molecule has 1 amide bonds. The maximum absolute atomic E-state index is 13.5. The maximum atomic E-state index is 13.5. The van der Waals surface area contributed by atoms with E-state index in [0.717, 1.165) is 25.7 Å². The first-order valence-corrected chi connectivity index (χ1v) is 12.5. The SMILES string of the molecule is O=C(CCSc1nc2ccccc2c(=O)[nH]1)N[C@H]1CC[C@H](c2nnc(-c3cccc(F)c3)o2)CC1. The van der Waals surface area contributed by atoms with Gasteiger partial charge in [-0.2, -0.15) is 0 Å². The van der Waals surface area contributed by atoms with Crippen molar-refractivity contribution in [1.82, 2.24) is 25.5 Å². The van der Waals surface area contributed by atoms with Gasteiger partial charge >= 0.3 is 0 Å². The van der Waals surface area contributed by atoms with Crippen LogP contribution in [0.4, 0.5) is 4.39 Å². The highest BCUT2D eigenvalue weighted by Gasteiger charge is 2.27. The molecule has 5 rings (SSSR count). The summed E-state index contributed by atoms with van der Waals surface area (Å²) < 4.78 is 19.3. The van der Waals surface area contributed by atoms with Crippen LogP contribution in [-0.4, -0.2) is 37.9 Å². The number of benzene rings is 2. The lowest BCUT2D eigenvalue weighted by Crippen LogP contribution is -2.37. The third-order valence-electron chi connectivity index (χ3n) is 6.11. The smallest absolute Gasteiger partial charge is 0.259 e. The summed E-state index contributed by atoms with van der Waals surface area (Å²) in [6.07, 6.45) is 3.63. The van der Waals surface area contributed by atoms with Crippen molar-refractivity contribution in [3.8, 4) is 11.5 Å². The van der Waals surface area contributed by atoms with Crippen LogP contribution in [0.15, 0.2) is 62.9 Å². The molecule has 2 heterocycles. The molecule has 1 saturated carbocycles. The van der Waals surface area contributed by atoms with Gasteiger partial charge in [0.15, 0.2) is 5.16 Å². The van der Waals surface area contributed by atoms with Crippen molar-refractivity contribution in [1.29, 1.82) is 0 Å². The van der Waals surface area contributed by atoms with E-state index >= 15 is 0 Å². The van der Waals surface area contributed by atoms with Crippen LogP contribution in [0.5, 0.6) is 0 Å². The summed E-state index contributed by atoms with van der Waals surface area (Å²) in [5.41, 5.74) is 1.03. The maximum Gasteiger partial charge on any atom is 0.259 e. The van der Waals surface area contributed by atoms with E-state index in [9.17, 15) is 14.0 Å². The second-order valence-corrected chi connectivity index (χ2v) is 9.64. The van der Waals surface area contributed by atoms with Gasteiger partial charge in [-0.1, -0.05) is 30.0 Å². The summed E-state index contributed by atoms with van der Waals surface area (Å²) in [4.78, 5) is 31.8. The summed E-state index contributed by atoms with van der Waals surface area (Å²) in [7, 11) is 0. The van der Waals surface area contributed by atoms with Crippen LogP contribution >= 0.6 is 11.8 Å². The van der Waals surface area contributed by atoms with Gasteiger partial charge in [0, 0.05) is 29.7 Å². The number of halogens is 1. The van der Waals surface area contributed by atoms with Crippen molar-refractivity contribution in [2.45, 2.75) is 49.2 Å². The number of amides is 1. The summed E-state index contributed by atoms with van der Waals surface area (Å²) in [6.45, 7) is 0. The molecule has 1 aliphatic carbocycles. The van der Waals surface area contributed by atoms with E-state index in [0.29, 0.717) is 45.6 Å². The normalized spacial score (nSPS) is 18.0. The molecule has 8 nitrogen and oxygen atoms in total. The number of hydrogen-bond donors (Lipinski definition) is 2. The molecule has 4 aromatic rings. The van der Waals surface area contributed by atoms with Gasteiger partial charge in [-0.15, -0.1) is 10.2 Å². The number of carbonyl (C=O) groups excluding carboxylic acids is 1. The quantitative estimate of drug-likeness (QED) is 0.289. The molecule has 0 aliphatic heterocycles. The lowest BCUT2D eigenvalue weighted by molar-refractivity contribution is -0.121. The van der Waals surface area contributed by atoms with Crippen LogP contribution in [0.2, 0.25) is 0 Å². The zero-order valence-electron chi connectivity index (χ0n) is 18.9. The fraction of sp³-hybridized carbons (Fsp3) is 0.320. The van der Waals surface area contributed by atoms with E-state index < -0.39 is 0 Å². The first kappa shape index (κ1) is 23.2. The predicted molar refractivity (Wildman–Crippen MR) is 131 cm³/mol. The third-order valence-corrected chi connectivity index (χ3v) is 6.99. The molecule has 0 bridgehead atoms. The average Bonchev–Trinajstić information content (AvgIpc) is 3.35. The Morgan fingerprint density at radius 3 is 2.77 bits per heavy atom. The van der Waals surface area contributed by atoms with Crippen LogP contribution in [0.25, 0.3) is 22.4 Å². The zero-order valence-corrected chi connectivity index (χ0v) is 19.7. The minimum absolute atomic E-state index is 0.0183. The number of aromatic amines is 1. The fourth-order valence-corrected chi connectivity index (χ4v) is 5.10. The van der Waals surface area contributed by atoms with Gasteiger partial charge in [0.25, 0.3) is 5.56 Å². The van der Waals surface area contributed by atoms with Gasteiger partial charge < -0.3 is 14.7 Å². The molecule has 0 saturated heterocycles. The van der Waals surface area contributed by atoms with Crippen molar-refractivity contribution in [2.75, 3.05) is 5.75 Å². The van der Waals surface area contributed by atoms with E-state index in [4.69, 9.17) is 4.42 Å². The Balaban J connectivity index is 1.08. The van der Waals surface area contributed by atoms with Crippen molar-refractivity contribution in [3.63, 3.8) is 0 Å². The highest BCUT2D eigenvalue weighted by Crippen LogP contribution is 2.33. The lowest BCUT2D eigenvalue weighted by Gasteiger charge is -2.27. The van der Waals surface area contributed by atoms with E-state index in [1.165, 1.54) is 23.9 Å². The van der Waals surface area contributed by atoms with Crippen LogP contribution in [0.3, 0.4) is 0 Å². The minimum Gasteiger partial charge on any atom is -0.420 e. The van der Waals surface area contributed by atoms with E-state index in [2.05, 4.69) is 25.5 Å². The van der Waals surface area contributed by atoms with Gasteiger partial charge in [-0.3, -0.25) is 9.59 Å². The molecule has 35 heavy (non-hydrogen) atoms. The third kappa shape index (κ3) is 5.59. The molecule has 0 spiro atoms. The molecular weight excluding hydrogens is 469 g/mol. The van der Waals surface area contributed by atoms with E-state index in [1.54, 1.807) is 30.3 Å². The number of H-pyrrole nitrogens is 1. The number of para-hydroxylation sites is 1. The van der Waals surface area contributed by atoms with Crippen LogP contribution in [0, 0.1) is 5.82 Å². The largest absolute Gasteiger partial charge is 0.420 e. The van der Waals surface area contributed by atoms with Crippen LogP contribution in [0.1, 0.15) is 43.9 Å². The van der Waals surface area contributed by atoms with Gasteiger partial charge in [-0.05, 0) is 56.0 Å². The monoisotopic (exact) mass is 493 g/mol. The number of nitrogens with zero attached hydrogens (tertiary/aromatic N) is 3. The molecule has 1 fully saturated rings. The molecule has 1 aliphatic rings. The zero-order chi connectivity index (χ0) is 24.2. The molecule has 10 heteroatoms. The fourth-order valence-electron chi connectivity index (χ4n) is 4.30. The van der Waals surface area contributed by atoms with Crippen molar-refractivity contribution >= 4 is 28.6 Å². The number of hydrogen-bond acceptors (Lipinski definition) is 7. The first-order valence-electron chi connectivity index (χ1n) is 11.6. The predicted octanol–water partition coefficient (Wildman–Crippen LogP) is 4.44. The first-order chi connectivity index (χ1) is 17.0. The molecule has 2 N–H and O–H groups in total. The topological polar surface area (TPSA) is 114 Å². The number of rotatable bonds is 7. The number of nitrogens with one attached hydrogen (secondary N) is 2. The molecule has 0 unspecified atom stereocenters. The van der Waals surface area contributed by atoms with Gasteiger partial charge in [-0.25, -0.2) is 9.37 Å². The van der Waals surface area contributed by atoms with Gasteiger partial charge in [0.1, 0.15) is 5.82 Å². The highest BCUT2D eigenvalue weighted by molar-refractivity contribution is 7.99. The number of fused-ring (bicyclic) bond motifs is 1. The second-order valence-electron chi connectivity index (χ2n) is 8.56. The highest BCUT2D eigenvalue weighted by atomic mass is 32.2. The Hall–Kier alpha value is -3.53. The van der Waals surface area contributed by atoms with Crippen LogP contribution < -0.4 is 10.9 Å². The molecule has 2 aromatic carbocycles. The Kier molecular flexibility index (Phi) is 6.89. The molecule has 0 radical (unpaired) electrons. The molecular formula is C25H24FN5O3S. The second kappa shape index (κ2) is 10.4. The molecule has 2 aromatic heterocycles. The number of thioether (sulfide) groups is 1. The Bertz CT molecular complexity index is 1400. The lowest BCUT2D eigenvalue weighted by atomic mass is 9.86. The van der Waals surface area contributed by atoms with Crippen molar-refractivity contribution in [3.05, 3.63) is 70.6 Å². The Labute approximate surface area is 204 Å². The standard InChI is InChI=1S/C25H24FN5O3S/c26-17-5-3-4-16(14-17)24-31-30-23(34-24)15-8-10-18(11-9-15)27-21(32)12-13-35-25-28-20-7-2-1-6-19(20)22(33)29-25/h1-7,14-15,18H,8-13H2,(H,27,32)(H,28,29,33)/t15-,18-. The number of aromatic nitrogens is 4. The Morgan fingerprint density at radius 1 is 1.11 bits per heavy atom.